The number of nitrogens with zero attached hydrogens (tertiary/aromatic N) is 4. The molecule has 0 bridgehead atoms. The van der Waals surface area contributed by atoms with Crippen molar-refractivity contribution in [3.63, 3.8) is 0 Å². The lowest BCUT2D eigenvalue weighted by molar-refractivity contribution is -0.127. The highest BCUT2D eigenvalue weighted by atomic mass is 32.1. The first-order chi connectivity index (χ1) is 17.1. The Hall–Kier alpha value is -3.59. The van der Waals surface area contributed by atoms with Crippen molar-refractivity contribution in [2.75, 3.05) is 4.90 Å². The Balaban J connectivity index is 1.52. The molecule has 7 nitrogen and oxygen atoms in total. The highest BCUT2D eigenvalue weighted by molar-refractivity contribution is 7.10. The van der Waals surface area contributed by atoms with Crippen molar-refractivity contribution in [1.29, 1.82) is 0 Å². The molecule has 5 rings (SSSR count). The zero-order valence-corrected chi connectivity index (χ0v) is 20.0. The first kappa shape index (κ1) is 23.2. The van der Waals surface area contributed by atoms with Gasteiger partial charge in [0.05, 0.1) is 5.52 Å². The van der Waals surface area contributed by atoms with Crippen LogP contribution in [-0.4, -0.2) is 32.9 Å². The lowest BCUT2D eigenvalue weighted by atomic mass is 9.95. The third-order valence-corrected chi connectivity index (χ3v) is 7.27. The van der Waals surface area contributed by atoms with Crippen LogP contribution >= 0.6 is 11.3 Å². The smallest absolute Gasteiger partial charge is 0.249 e. The molecule has 4 aromatic rings. The summed E-state index contributed by atoms with van der Waals surface area (Å²) >= 11 is 1.41. The molecule has 2 amide bonds. The average molecular weight is 492 g/mol. The van der Waals surface area contributed by atoms with Crippen LogP contribution in [0.3, 0.4) is 0 Å². The minimum absolute atomic E-state index is 0.0862. The Morgan fingerprint density at radius 1 is 1.06 bits per heavy atom. The summed E-state index contributed by atoms with van der Waals surface area (Å²) < 4.78 is 15.3. The van der Waals surface area contributed by atoms with Gasteiger partial charge in [0.2, 0.25) is 11.8 Å². The van der Waals surface area contributed by atoms with Crippen LogP contribution in [0.5, 0.6) is 0 Å². The number of rotatable bonds is 7. The summed E-state index contributed by atoms with van der Waals surface area (Å²) in [5.41, 5.74) is 1.84. The predicted molar refractivity (Wildman–Crippen MR) is 133 cm³/mol. The van der Waals surface area contributed by atoms with Gasteiger partial charge in [0.25, 0.3) is 0 Å². The second-order valence-corrected chi connectivity index (χ2v) is 9.72. The number of fused-ring (bicyclic) bond motifs is 1. The van der Waals surface area contributed by atoms with Crippen molar-refractivity contribution in [2.45, 2.75) is 50.7 Å². The molecule has 1 aliphatic rings. The van der Waals surface area contributed by atoms with Gasteiger partial charge in [-0.25, -0.2) is 9.07 Å². The molecule has 180 valence electrons. The van der Waals surface area contributed by atoms with Crippen LogP contribution < -0.4 is 10.2 Å². The maximum atomic E-state index is 13.8. The van der Waals surface area contributed by atoms with E-state index >= 15 is 0 Å². The first-order valence-electron chi connectivity index (χ1n) is 11.8. The van der Waals surface area contributed by atoms with Crippen LogP contribution in [0.4, 0.5) is 10.1 Å². The van der Waals surface area contributed by atoms with Crippen molar-refractivity contribution < 1.29 is 14.0 Å². The molecule has 2 heterocycles. The lowest BCUT2D eigenvalue weighted by Crippen LogP contribution is -2.48. The Kier molecular flexibility index (Phi) is 6.85. The van der Waals surface area contributed by atoms with E-state index in [1.807, 2.05) is 41.8 Å². The molecule has 35 heavy (non-hydrogen) atoms. The van der Waals surface area contributed by atoms with Crippen LogP contribution in [0.15, 0.2) is 66.0 Å². The molecular formula is C26H26FN5O2S. The molecule has 1 atom stereocenters. The van der Waals surface area contributed by atoms with Crippen molar-refractivity contribution in [3.05, 3.63) is 76.7 Å². The van der Waals surface area contributed by atoms with E-state index in [0.717, 1.165) is 36.1 Å². The zero-order valence-electron chi connectivity index (χ0n) is 19.1. The van der Waals surface area contributed by atoms with E-state index in [2.05, 4.69) is 15.6 Å². The number of anilines is 1. The number of carbonyl (C=O) groups excluding carboxylic acids is 2. The van der Waals surface area contributed by atoms with Gasteiger partial charge in [-0.15, -0.1) is 16.4 Å². The Labute approximate surface area is 206 Å². The topological polar surface area (TPSA) is 80.1 Å². The van der Waals surface area contributed by atoms with Crippen molar-refractivity contribution in [1.82, 2.24) is 20.3 Å². The lowest BCUT2D eigenvalue weighted by Gasteiger charge is -2.32. The molecule has 1 aliphatic carbocycles. The summed E-state index contributed by atoms with van der Waals surface area (Å²) in [6.45, 7) is -0.115. The van der Waals surface area contributed by atoms with Crippen molar-refractivity contribution in [2.24, 2.45) is 0 Å². The van der Waals surface area contributed by atoms with Gasteiger partial charge in [0, 0.05) is 16.6 Å². The van der Waals surface area contributed by atoms with Crippen LogP contribution in [0.2, 0.25) is 0 Å². The standard InChI is InChI=1S/C26H26FN5O2S/c27-18-12-14-20(15-13-18)32(24(33)17-31-22-10-5-4-9-21(22)29-30-31)25(23-11-6-16-35-23)26(34)28-19-7-2-1-3-8-19/h4-6,9-16,19,25H,1-3,7-8,17H2,(H,28,34). The summed E-state index contributed by atoms with van der Waals surface area (Å²) in [6.07, 6.45) is 5.19. The SMILES string of the molecule is O=C(NC1CCCCC1)C(c1cccs1)N(C(=O)Cn1nnc2ccccc21)c1ccc(F)cc1. The average Bonchev–Trinajstić information content (AvgIpc) is 3.54. The van der Waals surface area contributed by atoms with Crippen LogP contribution in [0.1, 0.15) is 43.0 Å². The molecule has 2 aromatic heterocycles. The number of halogens is 1. The third kappa shape index (κ3) is 5.09. The van der Waals surface area contributed by atoms with Crippen molar-refractivity contribution in [3.8, 4) is 0 Å². The predicted octanol–water partition coefficient (Wildman–Crippen LogP) is 4.86. The largest absolute Gasteiger partial charge is 0.351 e. The fraction of sp³-hybridized carbons (Fsp3) is 0.308. The van der Waals surface area contributed by atoms with Crippen LogP contribution in [0, 0.1) is 5.82 Å². The molecule has 0 saturated heterocycles. The minimum atomic E-state index is -0.885. The van der Waals surface area contributed by atoms with Crippen LogP contribution in [0.25, 0.3) is 11.0 Å². The highest BCUT2D eigenvalue weighted by Gasteiger charge is 2.35. The van der Waals surface area contributed by atoms with Gasteiger partial charge in [-0.1, -0.05) is 42.7 Å². The van der Waals surface area contributed by atoms with Gasteiger partial charge >= 0.3 is 0 Å². The van der Waals surface area contributed by atoms with E-state index in [0.29, 0.717) is 11.2 Å². The number of thiophene rings is 1. The van der Waals surface area contributed by atoms with E-state index in [4.69, 9.17) is 0 Å². The Morgan fingerprint density at radius 2 is 1.83 bits per heavy atom. The monoisotopic (exact) mass is 491 g/mol. The summed E-state index contributed by atoms with van der Waals surface area (Å²) in [6, 6.07) is 16.0. The molecule has 2 aromatic carbocycles. The third-order valence-electron chi connectivity index (χ3n) is 6.35. The van der Waals surface area contributed by atoms with E-state index in [1.54, 1.807) is 0 Å². The quantitative estimate of drug-likeness (QED) is 0.401. The maximum absolute atomic E-state index is 13.8. The summed E-state index contributed by atoms with van der Waals surface area (Å²) in [4.78, 5) is 29.7. The van der Waals surface area contributed by atoms with Gasteiger partial charge in [-0.3, -0.25) is 14.5 Å². The number of aromatic nitrogens is 3. The first-order valence-corrected chi connectivity index (χ1v) is 12.7. The molecule has 0 spiro atoms. The minimum Gasteiger partial charge on any atom is -0.351 e. The van der Waals surface area contributed by atoms with Gasteiger partial charge in [-0.05, 0) is 60.7 Å². The molecular weight excluding hydrogens is 465 g/mol. The number of benzene rings is 2. The highest BCUT2D eigenvalue weighted by Crippen LogP contribution is 2.32. The van der Waals surface area contributed by atoms with Crippen molar-refractivity contribution >= 4 is 39.9 Å². The van der Waals surface area contributed by atoms with E-state index < -0.39 is 11.9 Å². The number of carbonyl (C=O) groups is 2. The molecule has 1 unspecified atom stereocenters. The van der Waals surface area contributed by atoms with E-state index in [9.17, 15) is 14.0 Å². The van der Waals surface area contributed by atoms with E-state index in [1.165, 1.54) is 51.6 Å². The maximum Gasteiger partial charge on any atom is 0.249 e. The fourth-order valence-electron chi connectivity index (χ4n) is 4.62. The Bertz CT molecular complexity index is 1300. The van der Waals surface area contributed by atoms with Gasteiger partial charge in [0.1, 0.15) is 23.9 Å². The Morgan fingerprint density at radius 3 is 2.57 bits per heavy atom. The van der Waals surface area contributed by atoms with E-state index in [-0.39, 0.29) is 24.4 Å². The second-order valence-electron chi connectivity index (χ2n) is 8.74. The van der Waals surface area contributed by atoms with Crippen LogP contribution in [-0.2, 0) is 16.1 Å². The summed E-state index contributed by atoms with van der Waals surface area (Å²) in [5, 5.41) is 13.3. The summed E-state index contributed by atoms with van der Waals surface area (Å²) in [5.74, 6) is -0.993. The molecule has 1 saturated carbocycles. The molecule has 0 radical (unpaired) electrons. The van der Waals surface area contributed by atoms with Gasteiger partial charge in [0.15, 0.2) is 0 Å². The number of para-hydroxylation sites is 1. The van der Waals surface area contributed by atoms with Gasteiger partial charge in [-0.2, -0.15) is 0 Å². The number of nitrogens with one attached hydrogen (secondary N) is 1. The molecule has 0 aliphatic heterocycles. The van der Waals surface area contributed by atoms with Gasteiger partial charge < -0.3 is 5.32 Å². The number of hydrogen-bond acceptors (Lipinski definition) is 5. The second kappa shape index (κ2) is 10.4. The summed E-state index contributed by atoms with van der Waals surface area (Å²) in [7, 11) is 0. The fourth-order valence-corrected chi connectivity index (χ4v) is 5.44. The normalized spacial score (nSPS) is 15.1. The molecule has 1 fully saturated rings. The number of amides is 2. The molecule has 9 heteroatoms. The zero-order chi connectivity index (χ0) is 24.2. The molecule has 1 N–H and O–H groups in total. The number of hydrogen-bond donors (Lipinski definition) is 1.